The summed E-state index contributed by atoms with van der Waals surface area (Å²) in [6.45, 7) is 1.44. The molecule has 0 heterocycles. The van der Waals surface area contributed by atoms with Crippen molar-refractivity contribution < 1.29 is 8.42 Å². The fraction of sp³-hybridized carbons (Fsp3) is 1.00. The van der Waals surface area contributed by atoms with Gasteiger partial charge in [0.2, 0.25) is 0 Å². The van der Waals surface area contributed by atoms with Gasteiger partial charge in [0.1, 0.15) is 0 Å². The lowest BCUT2D eigenvalue weighted by atomic mass is 10.4. The van der Waals surface area contributed by atoms with Gasteiger partial charge in [-0.25, -0.2) is 4.72 Å². The van der Waals surface area contributed by atoms with Crippen molar-refractivity contribution in [3.8, 4) is 0 Å². The monoisotopic (exact) mass is 241 g/mol. The Labute approximate surface area is 90.6 Å². The number of nitrogens with two attached hydrogens (primary N) is 1. The molecule has 0 saturated carbocycles. The Bertz CT molecular complexity index is 231. The minimum atomic E-state index is -3.29. The Hall–Kier alpha value is 0.180. The van der Waals surface area contributed by atoms with Crippen LogP contribution in [0.15, 0.2) is 0 Å². The van der Waals surface area contributed by atoms with Gasteiger partial charge in [-0.05, 0) is 19.2 Å². The van der Waals surface area contributed by atoms with Gasteiger partial charge in [0.25, 0.3) is 10.2 Å². The van der Waals surface area contributed by atoms with E-state index in [-0.39, 0.29) is 0 Å². The zero-order valence-electron chi connectivity index (χ0n) is 8.69. The summed E-state index contributed by atoms with van der Waals surface area (Å²) in [6, 6.07) is 0. The van der Waals surface area contributed by atoms with Crippen LogP contribution in [0.2, 0.25) is 0 Å². The molecule has 0 aromatic rings. The van der Waals surface area contributed by atoms with Gasteiger partial charge in [-0.1, -0.05) is 0 Å². The summed E-state index contributed by atoms with van der Waals surface area (Å²) in [4.78, 5) is 0. The minimum absolute atomic E-state index is 0.463. The van der Waals surface area contributed by atoms with Gasteiger partial charge in [-0.2, -0.15) is 24.5 Å². The molecule has 0 aliphatic carbocycles. The van der Waals surface area contributed by atoms with Crippen molar-refractivity contribution >= 4 is 22.0 Å². The van der Waals surface area contributed by atoms with Gasteiger partial charge in [0.05, 0.1) is 0 Å². The molecule has 0 saturated heterocycles. The fourth-order valence-corrected chi connectivity index (χ4v) is 2.20. The number of rotatable bonds is 8. The fourth-order valence-electron chi connectivity index (χ4n) is 0.817. The lowest BCUT2D eigenvalue weighted by Gasteiger charge is -2.16. The van der Waals surface area contributed by atoms with Crippen molar-refractivity contribution in [1.82, 2.24) is 9.03 Å². The van der Waals surface area contributed by atoms with E-state index in [9.17, 15) is 8.42 Å². The summed E-state index contributed by atoms with van der Waals surface area (Å²) < 4.78 is 26.7. The summed E-state index contributed by atoms with van der Waals surface area (Å²) >= 11 is 1.61. The molecule has 0 radical (unpaired) electrons. The molecule has 14 heavy (non-hydrogen) atoms. The molecule has 0 unspecified atom stereocenters. The Morgan fingerprint density at radius 3 is 2.64 bits per heavy atom. The summed E-state index contributed by atoms with van der Waals surface area (Å²) in [5.41, 5.74) is 5.30. The van der Waals surface area contributed by atoms with E-state index in [1.807, 2.05) is 6.26 Å². The van der Waals surface area contributed by atoms with Crippen LogP contribution in [0.1, 0.15) is 6.42 Å². The van der Waals surface area contributed by atoms with E-state index in [1.54, 1.807) is 18.8 Å². The van der Waals surface area contributed by atoms with Crippen LogP contribution in [0.25, 0.3) is 0 Å². The van der Waals surface area contributed by atoms with Crippen molar-refractivity contribution in [2.24, 2.45) is 5.73 Å². The molecular weight excluding hydrogens is 222 g/mol. The molecule has 0 amide bonds. The first-order valence-corrected chi connectivity index (χ1v) is 7.28. The number of nitrogens with zero attached hydrogens (tertiary/aromatic N) is 1. The molecule has 0 aromatic heterocycles. The zero-order chi connectivity index (χ0) is 11.0. The molecule has 3 N–H and O–H groups in total. The van der Waals surface area contributed by atoms with Gasteiger partial charge in [-0.3, -0.25) is 0 Å². The van der Waals surface area contributed by atoms with Gasteiger partial charge in [0, 0.05) is 25.9 Å². The van der Waals surface area contributed by atoms with Gasteiger partial charge in [0.15, 0.2) is 0 Å². The Morgan fingerprint density at radius 1 is 1.50 bits per heavy atom. The highest BCUT2D eigenvalue weighted by atomic mass is 32.2. The second-order valence-electron chi connectivity index (χ2n) is 2.86. The average molecular weight is 241 g/mol. The summed E-state index contributed by atoms with van der Waals surface area (Å²) in [5, 5.41) is 0. The Kier molecular flexibility index (Phi) is 7.56. The summed E-state index contributed by atoms with van der Waals surface area (Å²) in [7, 11) is -1.74. The Morgan fingerprint density at radius 2 is 2.14 bits per heavy atom. The lowest BCUT2D eigenvalue weighted by Crippen LogP contribution is -2.40. The first kappa shape index (κ1) is 14.2. The molecule has 0 aliphatic rings. The Balaban J connectivity index is 3.91. The highest BCUT2D eigenvalue weighted by Crippen LogP contribution is 1.96. The van der Waals surface area contributed by atoms with Crippen molar-refractivity contribution in [3.63, 3.8) is 0 Å². The maximum Gasteiger partial charge on any atom is 0.279 e. The third kappa shape index (κ3) is 5.82. The van der Waals surface area contributed by atoms with E-state index in [1.165, 1.54) is 4.31 Å². The van der Waals surface area contributed by atoms with Crippen LogP contribution in [0.3, 0.4) is 0 Å². The van der Waals surface area contributed by atoms with E-state index >= 15 is 0 Å². The highest BCUT2D eigenvalue weighted by molar-refractivity contribution is 7.98. The second kappa shape index (κ2) is 7.47. The molecular formula is C7H19N3O2S2. The van der Waals surface area contributed by atoms with Crippen LogP contribution >= 0.6 is 11.8 Å². The van der Waals surface area contributed by atoms with Crippen molar-refractivity contribution in [3.05, 3.63) is 0 Å². The highest BCUT2D eigenvalue weighted by Gasteiger charge is 2.15. The van der Waals surface area contributed by atoms with E-state index in [0.29, 0.717) is 26.1 Å². The van der Waals surface area contributed by atoms with Gasteiger partial charge < -0.3 is 5.73 Å². The molecule has 0 aliphatic heterocycles. The first-order chi connectivity index (χ1) is 6.54. The van der Waals surface area contributed by atoms with Crippen LogP contribution < -0.4 is 10.5 Å². The number of hydrogen-bond acceptors (Lipinski definition) is 4. The minimum Gasteiger partial charge on any atom is -0.330 e. The molecule has 86 valence electrons. The number of hydrogen-bond donors (Lipinski definition) is 2. The topological polar surface area (TPSA) is 75.4 Å². The molecule has 7 heteroatoms. The lowest BCUT2D eigenvalue weighted by molar-refractivity contribution is 0.454. The molecule has 0 spiro atoms. The number of nitrogens with one attached hydrogen (secondary N) is 1. The largest absolute Gasteiger partial charge is 0.330 e. The molecule has 0 bridgehead atoms. The average Bonchev–Trinajstić information content (AvgIpc) is 2.14. The second-order valence-corrected chi connectivity index (χ2v) is 5.70. The normalized spacial score (nSPS) is 12.3. The van der Waals surface area contributed by atoms with Gasteiger partial charge >= 0.3 is 0 Å². The van der Waals surface area contributed by atoms with Crippen LogP contribution in [0.5, 0.6) is 0 Å². The maximum absolute atomic E-state index is 11.5. The third-order valence-corrected chi connectivity index (χ3v) is 3.86. The third-order valence-electron chi connectivity index (χ3n) is 1.68. The molecule has 0 rings (SSSR count). The van der Waals surface area contributed by atoms with E-state index in [2.05, 4.69) is 4.72 Å². The molecule has 0 atom stereocenters. The van der Waals surface area contributed by atoms with Crippen LogP contribution in [0, 0.1) is 0 Å². The van der Waals surface area contributed by atoms with Crippen molar-refractivity contribution in [2.45, 2.75) is 6.42 Å². The standard InChI is InChI=1S/C7H19N3O2S2/c1-10(6-3-4-8)14(11,12)9-5-7-13-2/h9H,3-8H2,1-2H3. The van der Waals surface area contributed by atoms with E-state index in [4.69, 9.17) is 5.73 Å². The van der Waals surface area contributed by atoms with Gasteiger partial charge in [-0.15, -0.1) is 0 Å². The van der Waals surface area contributed by atoms with Crippen LogP contribution in [-0.4, -0.2) is 51.4 Å². The molecule has 0 aromatic carbocycles. The zero-order valence-corrected chi connectivity index (χ0v) is 10.3. The molecule has 0 fully saturated rings. The molecule has 5 nitrogen and oxygen atoms in total. The van der Waals surface area contributed by atoms with Crippen molar-refractivity contribution in [1.29, 1.82) is 0 Å². The van der Waals surface area contributed by atoms with Crippen molar-refractivity contribution in [2.75, 3.05) is 38.7 Å². The quantitative estimate of drug-likeness (QED) is 0.560. The summed E-state index contributed by atoms with van der Waals surface area (Å²) in [6.07, 6.45) is 2.62. The van der Waals surface area contributed by atoms with Crippen LogP contribution in [-0.2, 0) is 10.2 Å². The van der Waals surface area contributed by atoms with Crippen LogP contribution in [0.4, 0.5) is 0 Å². The number of thioether (sulfide) groups is 1. The maximum atomic E-state index is 11.5. The summed E-state index contributed by atoms with van der Waals surface area (Å²) in [5.74, 6) is 0.782. The van der Waals surface area contributed by atoms with E-state index < -0.39 is 10.2 Å². The SMILES string of the molecule is CSCCNS(=O)(=O)N(C)CCCN. The predicted octanol–water partition coefficient (Wildman–Crippen LogP) is -0.536. The smallest absolute Gasteiger partial charge is 0.279 e. The van der Waals surface area contributed by atoms with E-state index in [0.717, 1.165) is 5.75 Å². The predicted molar refractivity (Wildman–Crippen MR) is 61.6 cm³/mol. The first-order valence-electron chi connectivity index (χ1n) is 4.44.